The van der Waals surface area contributed by atoms with Gasteiger partial charge in [-0.05, 0) is 59.1 Å². The van der Waals surface area contributed by atoms with E-state index < -0.39 is 21.8 Å². The molecule has 0 spiro atoms. The van der Waals surface area contributed by atoms with Crippen LogP contribution in [0.4, 0.5) is 0 Å². The molecule has 0 atom stereocenters. The molecule has 28 heavy (non-hydrogen) atoms. The summed E-state index contributed by atoms with van der Waals surface area (Å²) in [5.41, 5.74) is 4.99. The van der Waals surface area contributed by atoms with Crippen molar-refractivity contribution >= 4 is 49.4 Å². The summed E-state index contributed by atoms with van der Waals surface area (Å²) in [5.74, 6) is -1.17. The quantitative estimate of drug-likeness (QED) is 0.650. The highest BCUT2D eigenvalue weighted by Crippen LogP contribution is 2.28. The molecule has 0 aliphatic carbocycles. The number of carbonyl (C=O) groups excluding carboxylic acids is 2. The van der Waals surface area contributed by atoms with Gasteiger partial charge in [0, 0.05) is 23.1 Å². The Morgan fingerprint density at radius 3 is 2.32 bits per heavy atom. The summed E-state index contributed by atoms with van der Waals surface area (Å²) < 4.78 is 27.4. The van der Waals surface area contributed by atoms with E-state index in [4.69, 9.17) is 11.6 Å². The number of hydrazine groups is 1. The van der Waals surface area contributed by atoms with Crippen LogP contribution in [-0.4, -0.2) is 37.6 Å². The molecule has 0 saturated carbocycles. The molecule has 1 aliphatic rings. The first-order valence-corrected chi connectivity index (χ1v) is 11.1. The molecule has 2 aromatic rings. The number of carbonyl (C=O) groups is 2. The van der Waals surface area contributed by atoms with Crippen LogP contribution in [0, 0.1) is 0 Å². The lowest BCUT2D eigenvalue weighted by Gasteiger charge is -2.17. The minimum Gasteiger partial charge on any atom is -0.267 e. The second-order valence-corrected chi connectivity index (χ2v) is 9.31. The van der Waals surface area contributed by atoms with Gasteiger partial charge in [-0.25, -0.2) is 8.42 Å². The smallest absolute Gasteiger partial charge is 0.267 e. The molecular weight excluding hydrogens is 470 g/mol. The summed E-state index contributed by atoms with van der Waals surface area (Å²) in [7, 11) is -3.78. The van der Waals surface area contributed by atoms with Gasteiger partial charge in [0.05, 0.1) is 10.6 Å². The molecule has 3 rings (SSSR count). The van der Waals surface area contributed by atoms with Gasteiger partial charge in [-0.1, -0.05) is 23.7 Å². The lowest BCUT2D eigenvalue weighted by atomic mass is 10.2. The molecule has 148 valence electrons. The van der Waals surface area contributed by atoms with Gasteiger partial charge < -0.3 is 0 Å². The van der Waals surface area contributed by atoms with E-state index in [0.29, 0.717) is 23.1 Å². The first-order valence-electron chi connectivity index (χ1n) is 8.45. The molecular formula is C18H17BrClN3O4S. The summed E-state index contributed by atoms with van der Waals surface area (Å²) in [4.78, 5) is 24.4. The average Bonchev–Trinajstić information content (AvgIpc) is 3.22. The molecule has 1 aliphatic heterocycles. The number of hydrogen-bond donors (Lipinski definition) is 2. The molecule has 10 heteroatoms. The van der Waals surface area contributed by atoms with Crippen molar-refractivity contribution in [2.75, 3.05) is 13.1 Å². The van der Waals surface area contributed by atoms with Crippen molar-refractivity contribution in [3.05, 3.63) is 63.1 Å². The number of hydrogen-bond acceptors (Lipinski definition) is 4. The molecule has 1 heterocycles. The van der Waals surface area contributed by atoms with Crippen LogP contribution in [-0.2, 0) is 10.0 Å². The van der Waals surface area contributed by atoms with Crippen molar-refractivity contribution in [3.63, 3.8) is 0 Å². The first-order chi connectivity index (χ1) is 13.3. The zero-order valence-electron chi connectivity index (χ0n) is 14.6. The number of benzene rings is 2. The number of halogens is 2. The monoisotopic (exact) mass is 485 g/mol. The van der Waals surface area contributed by atoms with Gasteiger partial charge in [-0.3, -0.25) is 20.4 Å². The van der Waals surface area contributed by atoms with Crippen LogP contribution in [0.2, 0.25) is 5.02 Å². The maximum Gasteiger partial charge on any atom is 0.270 e. The summed E-state index contributed by atoms with van der Waals surface area (Å²) in [6, 6.07) is 10.7. The Labute approximate surface area is 176 Å². The fourth-order valence-corrected chi connectivity index (χ4v) is 5.29. The van der Waals surface area contributed by atoms with Crippen LogP contribution in [0.5, 0.6) is 0 Å². The van der Waals surface area contributed by atoms with Crippen LogP contribution in [0.25, 0.3) is 0 Å². The Balaban J connectivity index is 1.76. The topological polar surface area (TPSA) is 95.6 Å². The third-order valence-corrected chi connectivity index (χ3v) is 7.36. The van der Waals surface area contributed by atoms with E-state index in [0.717, 1.165) is 12.8 Å². The zero-order valence-corrected chi connectivity index (χ0v) is 17.8. The molecule has 0 radical (unpaired) electrons. The minimum atomic E-state index is -3.78. The van der Waals surface area contributed by atoms with Gasteiger partial charge in [0.25, 0.3) is 11.8 Å². The molecule has 0 unspecified atom stereocenters. The number of sulfonamides is 1. The number of amides is 2. The maximum atomic E-state index is 12.8. The van der Waals surface area contributed by atoms with Gasteiger partial charge in [0.2, 0.25) is 10.0 Å². The lowest BCUT2D eigenvalue weighted by molar-refractivity contribution is 0.0846. The predicted molar refractivity (Wildman–Crippen MR) is 109 cm³/mol. The fourth-order valence-electron chi connectivity index (χ4n) is 2.81. The Bertz CT molecular complexity index is 1020. The van der Waals surface area contributed by atoms with Gasteiger partial charge in [-0.2, -0.15) is 4.31 Å². The van der Waals surface area contributed by atoms with Crippen molar-refractivity contribution < 1.29 is 18.0 Å². The highest BCUT2D eigenvalue weighted by molar-refractivity contribution is 9.10. The fraction of sp³-hybridized carbons (Fsp3) is 0.222. The summed E-state index contributed by atoms with van der Waals surface area (Å²) in [6.45, 7) is 0.855. The summed E-state index contributed by atoms with van der Waals surface area (Å²) >= 11 is 9.34. The van der Waals surface area contributed by atoms with Crippen molar-refractivity contribution in [1.82, 2.24) is 15.2 Å². The SMILES string of the molecule is O=C(NNC(=O)c1ccccc1Br)c1ccc(Cl)c(S(=O)(=O)N2CCCC2)c1. The van der Waals surface area contributed by atoms with Gasteiger partial charge in [0.15, 0.2) is 0 Å². The van der Waals surface area contributed by atoms with E-state index in [-0.39, 0.29) is 15.5 Å². The van der Waals surface area contributed by atoms with E-state index in [1.165, 1.54) is 22.5 Å². The van der Waals surface area contributed by atoms with Crippen molar-refractivity contribution in [2.45, 2.75) is 17.7 Å². The Kier molecular flexibility index (Phi) is 6.39. The number of rotatable bonds is 4. The van der Waals surface area contributed by atoms with Crippen molar-refractivity contribution in [3.8, 4) is 0 Å². The van der Waals surface area contributed by atoms with Crippen LogP contribution < -0.4 is 10.9 Å². The van der Waals surface area contributed by atoms with Crippen molar-refractivity contribution in [2.24, 2.45) is 0 Å². The lowest BCUT2D eigenvalue weighted by Crippen LogP contribution is -2.41. The highest BCUT2D eigenvalue weighted by atomic mass is 79.9. The van der Waals surface area contributed by atoms with Crippen LogP contribution in [0.1, 0.15) is 33.6 Å². The molecule has 1 saturated heterocycles. The van der Waals surface area contributed by atoms with E-state index in [1.54, 1.807) is 24.3 Å². The largest absolute Gasteiger partial charge is 0.270 e. The van der Waals surface area contributed by atoms with Gasteiger partial charge in [0.1, 0.15) is 4.90 Å². The summed E-state index contributed by atoms with van der Waals surface area (Å²) in [5, 5.41) is 0.0423. The van der Waals surface area contributed by atoms with E-state index >= 15 is 0 Å². The van der Waals surface area contributed by atoms with Crippen LogP contribution >= 0.6 is 27.5 Å². The summed E-state index contributed by atoms with van der Waals surface area (Å²) in [6.07, 6.45) is 1.58. The third kappa shape index (κ3) is 4.38. The first kappa shape index (κ1) is 20.8. The standard InChI is InChI=1S/C18H17BrClN3O4S/c19-14-6-2-1-5-13(14)18(25)22-21-17(24)12-7-8-15(20)16(11-12)28(26,27)23-9-3-4-10-23/h1-2,5-8,11H,3-4,9-10H2,(H,21,24)(H,22,25). The number of nitrogens with one attached hydrogen (secondary N) is 2. The van der Waals surface area contributed by atoms with E-state index in [9.17, 15) is 18.0 Å². The van der Waals surface area contributed by atoms with E-state index in [2.05, 4.69) is 26.8 Å². The predicted octanol–water partition coefficient (Wildman–Crippen LogP) is 2.96. The zero-order chi connectivity index (χ0) is 20.3. The normalized spacial score (nSPS) is 14.6. The Morgan fingerprint density at radius 1 is 1.00 bits per heavy atom. The average molecular weight is 487 g/mol. The third-order valence-electron chi connectivity index (χ3n) is 4.28. The molecule has 2 N–H and O–H groups in total. The van der Waals surface area contributed by atoms with Gasteiger partial charge >= 0.3 is 0 Å². The highest BCUT2D eigenvalue weighted by Gasteiger charge is 2.29. The van der Waals surface area contributed by atoms with Crippen LogP contribution in [0.15, 0.2) is 51.8 Å². The Morgan fingerprint density at radius 2 is 1.64 bits per heavy atom. The second-order valence-electron chi connectivity index (χ2n) is 6.14. The molecule has 2 aromatic carbocycles. The molecule has 7 nitrogen and oxygen atoms in total. The van der Waals surface area contributed by atoms with E-state index in [1.807, 2.05) is 0 Å². The Hall–Kier alpha value is -1.94. The molecule has 0 aromatic heterocycles. The minimum absolute atomic E-state index is 0.0423. The molecule has 1 fully saturated rings. The number of nitrogens with zero attached hydrogens (tertiary/aromatic N) is 1. The van der Waals surface area contributed by atoms with Crippen molar-refractivity contribution in [1.29, 1.82) is 0 Å². The van der Waals surface area contributed by atoms with Crippen LogP contribution in [0.3, 0.4) is 0 Å². The maximum absolute atomic E-state index is 12.8. The molecule has 0 bridgehead atoms. The molecule has 2 amide bonds. The van der Waals surface area contributed by atoms with Gasteiger partial charge in [-0.15, -0.1) is 0 Å². The second kappa shape index (κ2) is 8.60.